The van der Waals surface area contributed by atoms with Crippen molar-refractivity contribution in [3.05, 3.63) is 35.9 Å². The minimum absolute atomic E-state index is 0.163. The molecular weight excluding hydrogens is 290 g/mol. The SMILES string of the molecule is CCOC(=O)C(C#N)C(c1ccccc1)C1CCOC(C)(C)C1. The highest BCUT2D eigenvalue weighted by Gasteiger charge is 2.41. The average molecular weight is 315 g/mol. The molecule has 4 heteroatoms. The van der Waals surface area contributed by atoms with Gasteiger partial charge in [-0.3, -0.25) is 4.79 Å². The van der Waals surface area contributed by atoms with Crippen LogP contribution >= 0.6 is 0 Å². The van der Waals surface area contributed by atoms with Gasteiger partial charge in [-0.1, -0.05) is 30.3 Å². The van der Waals surface area contributed by atoms with Gasteiger partial charge in [-0.05, 0) is 45.1 Å². The van der Waals surface area contributed by atoms with E-state index in [-0.39, 0.29) is 24.0 Å². The first-order valence-corrected chi connectivity index (χ1v) is 8.23. The summed E-state index contributed by atoms with van der Waals surface area (Å²) in [5, 5.41) is 9.63. The van der Waals surface area contributed by atoms with E-state index in [0.717, 1.165) is 18.4 Å². The van der Waals surface area contributed by atoms with Crippen molar-refractivity contribution in [3.63, 3.8) is 0 Å². The molecule has 0 aromatic heterocycles. The number of esters is 1. The van der Waals surface area contributed by atoms with Crippen molar-refractivity contribution in [1.29, 1.82) is 5.26 Å². The van der Waals surface area contributed by atoms with Crippen LogP contribution in [0.3, 0.4) is 0 Å². The third-order valence-electron chi connectivity index (χ3n) is 4.47. The molecule has 1 aliphatic heterocycles. The van der Waals surface area contributed by atoms with Gasteiger partial charge in [-0.2, -0.15) is 5.26 Å². The monoisotopic (exact) mass is 315 g/mol. The number of ether oxygens (including phenoxy) is 2. The van der Waals surface area contributed by atoms with Crippen LogP contribution in [0, 0.1) is 23.2 Å². The maximum absolute atomic E-state index is 12.3. The second kappa shape index (κ2) is 7.61. The minimum atomic E-state index is -0.781. The summed E-state index contributed by atoms with van der Waals surface area (Å²) in [4.78, 5) is 12.3. The molecule has 1 aliphatic rings. The van der Waals surface area contributed by atoms with Crippen molar-refractivity contribution >= 4 is 5.97 Å². The van der Waals surface area contributed by atoms with Crippen molar-refractivity contribution in [2.24, 2.45) is 11.8 Å². The molecule has 3 unspecified atom stereocenters. The molecule has 2 rings (SSSR count). The van der Waals surface area contributed by atoms with Gasteiger partial charge in [0.05, 0.1) is 18.3 Å². The molecule has 4 nitrogen and oxygen atoms in total. The summed E-state index contributed by atoms with van der Waals surface area (Å²) in [5.74, 6) is -1.15. The second-order valence-electron chi connectivity index (χ2n) is 6.66. The smallest absolute Gasteiger partial charge is 0.323 e. The lowest BCUT2D eigenvalue weighted by Gasteiger charge is -2.40. The molecular formula is C19H25NO3. The molecule has 1 saturated heterocycles. The molecule has 1 heterocycles. The van der Waals surface area contributed by atoms with E-state index in [2.05, 4.69) is 19.9 Å². The Labute approximate surface area is 138 Å². The zero-order valence-electron chi connectivity index (χ0n) is 14.1. The van der Waals surface area contributed by atoms with Crippen LogP contribution in [0.4, 0.5) is 0 Å². The van der Waals surface area contributed by atoms with Gasteiger partial charge in [0.2, 0.25) is 0 Å². The molecule has 0 spiro atoms. The van der Waals surface area contributed by atoms with E-state index in [4.69, 9.17) is 9.47 Å². The van der Waals surface area contributed by atoms with Crippen LogP contribution in [0.5, 0.6) is 0 Å². The van der Waals surface area contributed by atoms with Gasteiger partial charge in [0.1, 0.15) is 0 Å². The van der Waals surface area contributed by atoms with Crippen LogP contribution in [0.1, 0.15) is 45.1 Å². The van der Waals surface area contributed by atoms with E-state index in [1.807, 2.05) is 30.3 Å². The van der Waals surface area contributed by atoms with E-state index in [1.165, 1.54) is 0 Å². The predicted octanol–water partition coefficient (Wildman–Crippen LogP) is 3.68. The van der Waals surface area contributed by atoms with Gasteiger partial charge in [-0.15, -0.1) is 0 Å². The Hall–Kier alpha value is -1.86. The summed E-state index contributed by atoms with van der Waals surface area (Å²) in [6.45, 7) is 6.83. The van der Waals surface area contributed by atoms with Crippen molar-refractivity contribution in [3.8, 4) is 6.07 Å². The van der Waals surface area contributed by atoms with Crippen LogP contribution in [-0.2, 0) is 14.3 Å². The fourth-order valence-corrected chi connectivity index (χ4v) is 3.51. The summed E-state index contributed by atoms with van der Waals surface area (Å²) < 4.78 is 11.0. The Morgan fingerprint density at radius 3 is 2.70 bits per heavy atom. The molecule has 0 aliphatic carbocycles. The fourth-order valence-electron chi connectivity index (χ4n) is 3.51. The number of hydrogen-bond acceptors (Lipinski definition) is 4. The van der Waals surface area contributed by atoms with Crippen LogP contribution in [0.2, 0.25) is 0 Å². The highest BCUT2D eigenvalue weighted by Crippen LogP contribution is 2.42. The molecule has 1 aromatic carbocycles. The van der Waals surface area contributed by atoms with Crippen molar-refractivity contribution in [2.45, 2.75) is 45.1 Å². The van der Waals surface area contributed by atoms with Gasteiger partial charge < -0.3 is 9.47 Å². The summed E-state index contributed by atoms with van der Waals surface area (Å²) in [7, 11) is 0. The Balaban J connectivity index is 2.36. The first kappa shape index (κ1) is 17.5. The normalized spacial score (nSPS) is 22.6. The quantitative estimate of drug-likeness (QED) is 0.778. The standard InChI is InChI=1S/C19H25NO3/c1-4-22-18(21)16(13-20)17(14-8-6-5-7-9-14)15-10-11-23-19(2,3)12-15/h5-9,15-17H,4,10-12H2,1-3H3. The lowest BCUT2D eigenvalue weighted by Crippen LogP contribution is -2.39. The third kappa shape index (κ3) is 4.33. The zero-order chi connectivity index (χ0) is 16.9. The number of carbonyl (C=O) groups is 1. The van der Waals surface area contributed by atoms with Gasteiger partial charge in [0, 0.05) is 12.5 Å². The minimum Gasteiger partial charge on any atom is -0.465 e. The van der Waals surface area contributed by atoms with E-state index in [9.17, 15) is 10.1 Å². The Bertz CT molecular complexity index is 562. The number of carbonyl (C=O) groups excluding carboxylic acids is 1. The van der Waals surface area contributed by atoms with Crippen LogP contribution in [0.15, 0.2) is 30.3 Å². The predicted molar refractivity (Wildman–Crippen MR) is 87.7 cm³/mol. The number of nitrogens with zero attached hydrogens (tertiary/aromatic N) is 1. The molecule has 23 heavy (non-hydrogen) atoms. The fraction of sp³-hybridized carbons (Fsp3) is 0.579. The Morgan fingerprint density at radius 1 is 1.43 bits per heavy atom. The van der Waals surface area contributed by atoms with Gasteiger partial charge in [0.15, 0.2) is 5.92 Å². The molecule has 0 N–H and O–H groups in total. The first-order chi connectivity index (χ1) is 11.0. The van der Waals surface area contributed by atoms with Crippen LogP contribution in [-0.4, -0.2) is 24.8 Å². The molecule has 0 radical (unpaired) electrons. The van der Waals surface area contributed by atoms with Crippen LogP contribution < -0.4 is 0 Å². The lowest BCUT2D eigenvalue weighted by molar-refractivity contribution is -0.148. The van der Waals surface area contributed by atoms with E-state index in [0.29, 0.717) is 6.61 Å². The highest BCUT2D eigenvalue weighted by molar-refractivity contribution is 5.76. The van der Waals surface area contributed by atoms with E-state index in [1.54, 1.807) is 6.92 Å². The molecule has 1 fully saturated rings. The molecule has 1 aromatic rings. The third-order valence-corrected chi connectivity index (χ3v) is 4.47. The summed E-state index contributed by atoms with van der Waals surface area (Å²) >= 11 is 0. The second-order valence-corrected chi connectivity index (χ2v) is 6.66. The maximum Gasteiger partial charge on any atom is 0.323 e. The van der Waals surface area contributed by atoms with Gasteiger partial charge in [-0.25, -0.2) is 0 Å². The molecule has 3 atom stereocenters. The van der Waals surface area contributed by atoms with Crippen molar-refractivity contribution < 1.29 is 14.3 Å². The largest absolute Gasteiger partial charge is 0.465 e. The molecule has 0 saturated carbocycles. The molecule has 0 amide bonds. The number of benzene rings is 1. The number of hydrogen-bond donors (Lipinski definition) is 0. The highest BCUT2D eigenvalue weighted by atomic mass is 16.5. The lowest BCUT2D eigenvalue weighted by atomic mass is 9.71. The Morgan fingerprint density at radius 2 is 2.13 bits per heavy atom. The molecule has 0 bridgehead atoms. The zero-order valence-corrected chi connectivity index (χ0v) is 14.1. The van der Waals surface area contributed by atoms with Crippen LogP contribution in [0.25, 0.3) is 0 Å². The maximum atomic E-state index is 12.3. The van der Waals surface area contributed by atoms with Gasteiger partial charge in [0.25, 0.3) is 0 Å². The number of rotatable bonds is 5. The van der Waals surface area contributed by atoms with Gasteiger partial charge >= 0.3 is 5.97 Å². The Kier molecular flexibility index (Phi) is 5.79. The van der Waals surface area contributed by atoms with Crippen molar-refractivity contribution in [2.75, 3.05) is 13.2 Å². The summed E-state index contributed by atoms with van der Waals surface area (Å²) in [6.07, 6.45) is 1.67. The summed E-state index contributed by atoms with van der Waals surface area (Å²) in [6, 6.07) is 12.0. The van der Waals surface area contributed by atoms with E-state index >= 15 is 0 Å². The number of nitriles is 1. The topological polar surface area (TPSA) is 59.3 Å². The average Bonchev–Trinajstić information content (AvgIpc) is 2.52. The first-order valence-electron chi connectivity index (χ1n) is 8.23. The van der Waals surface area contributed by atoms with E-state index < -0.39 is 11.9 Å². The van der Waals surface area contributed by atoms with Crippen molar-refractivity contribution in [1.82, 2.24) is 0 Å². The molecule has 124 valence electrons. The summed E-state index contributed by atoms with van der Waals surface area (Å²) in [5.41, 5.74) is 0.791.